The summed E-state index contributed by atoms with van der Waals surface area (Å²) < 4.78 is 14.1. The number of halogens is 1. The highest BCUT2D eigenvalue weighted by Crippen LogP contribution is 2.38. The Morgan fingerprint density at radius 3 is 2.67 bits per heavy atom. The van der Waals surface area contributed by atoms with Crippen molar-refractivity contribution in [1.82, 2.24) is 9.78 Å². The SMILES string of the molecule is CC(C)n1cc(CNc2cc3c(cc2Br)OCCO3)cn1. The number of ether oxygens (including phenoxy) is 2. The first kappa shape index (κ1) is 14.3. The van der Waals surface area contributed by atoms with E-state index in [4.69, 9.17) is 9.47 Å². The number of rotatable bonds is 4. The molecule has 112 valence electrons. The van der Waals surface area contributed by atoms with Gasteiger partial charge in [-0.25, -0.2) is 0 Å². The van der Waals surface area contributed by atoms with Crippen molar-refractivity contribution in [2.24, 2.45) is 0 Å². The van der Waals surface area contributed by atoms with Crippen molar-refractivity contribution in [1.29, 1.82) is 0 Å². The molecule has 3 rings (SSSR count). The smallest absolute Gasteiger partial charge is 0.163 e. The van der Waals surface area contributed by atoms with E-state index < -0.39 is 0 Å². The summed E-state index contributed by atoms with van der Waals surface area (Å²) in [5, 5.41) is 7.74. The Kier molecular flexibility index (Phi) is 4.05. The van der Waals surface area contributed by atoms with Gasteiger partial charge in [0.1, 0.15) is 13.2 Å². The van der Waals surface area contributed by atoms with Crippen molar-refractivity contribution >= 4 is 21.6 Å². The highest BCUT2D eigenvalue weighted by Gasteiger charge is 2.14. The van der Waals surface area contributed by atoms with E-state index in [9.17, 15) is 0 Å². The standard InChI is InChI=1S/C15H18BrN3O2/c1-10(2)19-9-11(8-18-19)7-17-13-6-15-14(5-12(13)16)20-3-4-21-15/h5-6,8-10,17H,3-4,7H2,1-2H3. The number of benzene rings is 1. The molecule has 0 saturated heterocycles. The van der Waals surface area contributed by atoms with Crippen LogP contribution in [0.1, 0.15) is 25.5 Å². The van der Waals surface area contributed by atoms with Crippen molar-refractivity contribution in [2.75, 3.05) is 18.5 Å². The Morgan fingerprint density at radius 2 is 2.00 bits per heavy atom. The molecule has 0 saturated carbocycles. The van der Waals surface area contributed by atoms with Gasteiger partial charge in [0.25, 0.3) is 0 Å². The summed E-state index contributed by atoms with van der Waals surface area (Å²) in [6.45, 7) is 6.13. The predicted molar refractivity (Wildman–Crippen MR) is 85.1 cm³/mol. The molecule has 1 aromatic carbocycles. The van der Waals surface area contributed by atoms with Crippen LogP contribution in [0.5, 0.6) is 11.5 Å². The Bertz CT molecular complexity index is 640. The molecule has 0 aliphatic carbocycles. The van der Waals surface area contributed by atoms with E-state index in [2.05, 4.69) is 46.4 Å². The highest BCUT2D eigenvalue weighted by atomic mass is 79.9. The maximum absolute atomic E-state index is 5.60. The Morgan fingerprint density at radius 1 is 1.29 bits per heavy atom. The van der Waals surface area contributed by atoms with E-state index in [1.807, 2.05) is 23.0 Å². The molecule has 0 unspecified atom stereocenters. The third kappa shape index (κ3) is 3.15. The van der Waals surface area contributed by atoms with Gasteiger partial charge in [-0.1, -0.05) is 0 Å². The molecule has 1 aliphatic rings. The minimum Gasteiger partial charge on any atom is -0.486 e. The van der Waals surface area contributed by atoms with Crippen LogP contribution < -0.4 is 14.8 Å². The molecular formula is C15H18BrN3O2. The number of nitrogens with zero attached hydrogens (tertiary/aromatic N) is 2. The minimum absolute atomic E-state index is 0.375. The van der Waals surface area contributed by atoms with Crippen LogP contribution in [-0.4, -0.2) is 23.0 Å². The number of nitrogens with one attached hydrogen (secondary N) is 1. The van der Waals surface area contributed by atoms with E-state index in [1.54, 1.807) is 0 Å². The maximum Gasteiger partial charge on any atom is 0.163 e. The van der Waals surface area contributed by atoms with Crippen LogP contribution in [0.3, 0.4) is 0 Å². The molecule has 21 heavy (non-hydrogen) atoms. The zero-order chi connectivity index (χ0) is 14.8. The first-order valence-electron chi connectivity index (χ1n) is 6.99. The second-order valence-corrected chi connectivity index (χ2v) is 6.11. The number of hydrogen-bond acceptors (Lipinski definition) is 4. The van der Waals surface area contributed by atoms with Crippen LogP contribution in [0.2, 0.25) is 0 Å². The molecule has 0 amide bonds. The van der Waals surface area contributed by atoms with Crippen molar-refractivity contribution in [3.05, 3.63) is 34.6 Å². The van der Waals surface area contributed by atoms with Gasteiger partial charge in [-0.05, 0) is 29.8 Å². The fourth-order valence-corrected chi connectivity index (χ4v) is 2.61. The molecule has 6 heteroatoms. The zero-order valence-electron chi connectivity index (χ0n) is 12.1. The molecular weight excluding hydrogens is 334 g/mol. The Hall–Kier alpha value is -1.69. The summed E-state index contributed by atoms with van der Waals surface area (Å²) in [5.41, 5.74) is 2.13. The minimum atomic E-state index is 0.375. The summed E-state index contributed by atoms with van der Waals surface area (Å²) in [6.07, 6.45) is 3.95. The van der Waals surface area contributed by atoms with E-state index >= 15 is 0 Å². The Balaban J connectivity index is 1.72. The molecule has 0 radical (unpaired) electrons. The molecule has 0 bridgehead atoms. The average molecular weight is 352 g/mol. The van der Waals surface area contributed by atoms with Gasteiger partial charge in [0.05, 0.1) is 11.9 Å². The van der Waals surface area contributed by atoms with Gasteiger partial charge in [0.15, 0.2) is 11.5 Å². The lowest BCUT2D eigenvalue weighted by Gasteiger charge is -2.20. The fraction of sp³-hybridized carbons (Fsp3) is 0.400. The molecule has 1 aromatic heterocycles. The van der Waals surface area contributed by atoms with Gasteiger partial charge in [-0.3, -0.25) is 4.68 Å². The lowest BCUT2D eigenvalue weighted by atomic mass is 10.2. The summed E-state index contributed by atoms with van der Waals surface area (Å²) in [5.74, 6) is 1.57. The molecule has 0 spiro atoms. The van der Waals surface area contributed by atoms with Crippen molar-refractivity contribution in [3.8, 4) is 11.5 Å². The van der Waals surface area contributed by atoms with Crippen molar-refractivity contribution in [2.45, 2.75) is 26.4 Å². The maximum atomic E-state index is 5.60. The molecule has 2 heterocycles. The van der Waals surface area contributed by atoms with E-state index in [1.165, 1.54) is 0 Å². The summed E-state index contributed by atoms with van der Waals surface area (Å²) in [4.78, 5) is 0. The van der Waals surface area contributed by atoms with Gasteiger partial charge < -0.3 is 14.8 Å². The van der Waals surface area contributed by atoms with Gasteiger partial charge in [0.2, 0.25) is 0 Å². The van der Waals surface area contributed by atoms with Crippen LogP contribution in [-0.2, 0) is 6.54 Å². The molecule has 5 nitrogen and oxygen atoms in total. The monoisotopic (exact) mass is 351 g/mol. The quantitative estimate of drug-likeness (QED) is 0.913. The summed E-state index contributed by atoms with van der Waals surface area (Å²) in [7, 11) is 0. The topological polar surface area (TPSA) is 48.3 Å². The number of aromatic nitrogens is 2. The van der Waals surface area contributed by atoms with Gasteiger partial charge in [-0.15, -0.1) is 0 Å². The van der Waals surface area contributed by atoms with Crippen LogP contribution in [0, 0.1) is 0 Å². The highest BCUT2D eigenvalue weighted by molar-refractivity contribution is 9.10. The van der Waals surface area contributed by atoms with Crippen molar-refractivity contribution in [3.63, 3.8) is 0 Å². The predicted octanol–water partition coefficient (Wildman–Crippen LogP) is 3.61. The largest absolute Gasteiger partial charge is 0.486 e. The third-order valence-electron chi connectivity index (χ3n) is 3.30. The summed E-state index contributed by atoms with van der Waals surface area (Å²) in [6, 6.07) is 4.28. The lowest BCUT2D eigenvalue weighted by Crippen LogP contribution is -2.15. The van der Waals surface area contributed by atoms with E-state index in [0.717, 1.165) is 27.2 Å². The van der Waals surface area contributed by atoms with E-state index in [-0.39, 0.29) is 0 Å². The second kappa shape index (κ2) is 5.97. The molecule has 0 atom stereocenters. The molecule has 1 N–H and O–H groups in total. The molecule has 0 fully saturated rings. The molecule has 1 aliphatic heterocycles. The first-order chi connectivity index (χ1) is 10.1. The van der Waals surface area contributed by atoms with Crippen LogP contribution >= 0.6 is 15.9 Å². The average Bonchev–Trinajstić information content (AvgIpc) is 2.94. The van der Waals surface area contributed by atoms with Crippen LogP contribution in [0.25, 0.3) is 0 Å². The van der Waals surface area contributed by atoms with Gasteiger partial charge in [-0.2, -0.15) is 5.10 Å². The van der Waals surface area contributed by atoms with Crippen LogP contribution in [0.15, 0.2) is 29.0 Å². The summed E-state index contributed by atoms with van der Waals surface area (Å²) >= 11 is 3.56. The third-order valence-corrected chi connectivity index (χ3v) is 3.95. The lowest BCUT2D eigenvalue weighted by molar-refractivity contribution is 0.171. The van der Waals surface area contributed by atoms with Gasteiger partial charge in [0, 0.05) is 41.0 Å². The normalized spacial score (nSPS) is 13.5. The number of hydrogen-bond donors (Lipinski definition) is 1. The molecule has 2 aromatic rings. The van der Waals surface area contributed by atoms with Gasteiger partial charge >= 0.3 is 0 Å². The fourth-order valence-electron chi connectivity index (χ4n) is 2.15. The van der Waals surface area contributed by atoms with Crippen LogP contribution in [0.4, 0.5) is 5.69 Å². The van der Waals surface area contributed by atoms with E-state index in [0.29, 0.717) is 25.8 Å². The number of anilines is 1. The first-order valence-corrected chi connectivity index (χ1v) is 7.79. The second-order valence-electron chi connectivity index (χ2n) is 5.25. The zero-order valence-corrected chi connectivity index (χ0v) is 13.7. The van der Waals surface area contributed by atoms with Crippen molar-refractivity contribution < 1.29 is 9.47 Å². The number of fused-ring (bicyclic) bond motifs is 1. The Labute approximate surface area is 132 Å².